The predicted octanol–water partition coefficient (Wildman–Crippen LogP) is 3.63. The summed E-state index contributed by atoms with van der Waals surface area (Å²) in [4.78, 5) is 11.4. The average molecular weight is 283 g/mol. The summed E-state index contributed by atoms with van der Waals surface area (Å²) in [7, 11) is 0. The van der Waals surface area contributed by atoms with Crippen LogP contribution in [0.1, 0.15) is 11.3 Å². The maximum atomic E-state index is 4.75. The quantitative estimate of drug-likeness (QED) is 0.861. The molecule has 0 spiro atoms. The molecule has 0 amide bonds. The molecule has 0 bridgehead atoms. The molecule has 3 nitrogen and oxygen atoms in total. The molecule has 1 aromatic carbocycles. The van der Waals surface area contributed by atoms with Gasteiger partial charge in [0.1, 0.15) is 0 Å². The van der Waals surface area contributed by atoms with Crippen LogP contribution in [-0.2, 0) is 6.54 Å². The number of rotatable bonds is 3. The average Bonchev–Trinajstić information content (AvgIpc) is 2.90. The van der Waals surface area contributed by atoms with Crippen LogP contribution in [0.25, 0.3) is 0 Å². The highest BCUT2D eigenvalue weighted by Gasteiger charge is 2.19. The fraction of sp³-hybridized carbons (Fsp3) is 0.250. The zero-order valence-electron chi connectivity index (χ0n) is 11.5. The van der Waals surface area contributed by atoms with Crippen molar-refractivity contribution in [2.45, 2.75) is 13.5 Å². The summed E-state index contributed by atoms with van der Waals surface area (Å²) in [5, 5.41) is 1.10. The van der Waals surface area contributed by atoms with Gasteiger partial charge in [0, 0.05) is 18.5 Å². The van der Waals surface area contributed by atoms with Gasteiger partial charge in [0.15, 0.2) is 5.17 Å². The largest absolute Gasteiger partial charge is 0.344 e. The van der Waals surface area contributed by atoms with Gasteiger partial charge in [-0.1, -0.05) is 35.5 Å². The number of hydrogen-bond acceptors (Lipinski definition) is 3. The molecule has 2 heterocycles. The maximum absolute atomic E-state index is 4.75. The van der Waals surface area contributed by atoms with Gasteiger partial charge in [-0.2, -0.15) is 0 Å². The first-order valence-corrected chi connectivity index (χ1v) is 7.73. The Hall–Kier alpha value is -1.81. The number of hydrogen-bond donors (Lipinski definition) is 0. The highest BCUT2D eigenvalue weighted by Crippen LogP contribution is 2.24. The molecule has 102 valence electrons. The fourth-order valence-electron chi connectivity index (χ4n) is 2.10. The lowest BCUT2D eigenvalue weighted by Crippen LogP contribution is -2.24. The van der Waals surface area contributed by atoms with Crippen molar-refractivity contribution in [2.24, 2.45) is 4.99 Å². The molecule has 1 aliphatic rings. The second kappa shape index (κ2) is 6.09. The van der Waals surface area contributed by atoms with Crippen molar-refractivity contribution in [2.75, 3.05) is 12.3 Å². The lowest BCUT2D eigenvalue weighted by Gasteiger charge is -2.17. The number of aryl methyl sites for hydroxylation is 1. The van der Waals surface area contributed by atoms with Gasteiger partial charge in [0.05, 0.1) is 17.9 Å². The molecule has 0 atom stereocenters. The third-order valence-electron chi connectivity index (χ3n) is 3.20. The lowest BCUT2D eigenvalue weighted by atomic mass is 10.2. The van der Waals surface area contributed by atoms with Gasteiger partial charge in [-0.05, 0) is 31.2 Å². The number of nitrogens with zero attached hydrogens (tertiary/aromatic N) is 3. The normalized spacial score (nSPS) is 16.9. The monoisotopic (exact) mass is 283 g/mol. The van der Waals surface area contributed by atoms with Crippen molar-refractivity contribution in [3.63, 3.8) is 0 Å². The molecule has 1 saturated heterocycles. The van der Waals surface area contributed by atoms with Crippen LogP contribution in [0, 0.1) is 6.92 Å². The summed E-state index contributed by atoms with van der Waals surface area (Å²) >= 11 is 1.82. The van der Waals surface area contributed by atoms with Crippen molar-refractivity contribution in [1.82, 2.24) is 9.88 Å². The first-order chi connectivity index (χ1) is 9.81. The van der Waals surface area contributed by atoms with E-state index in [4.69, 9.17) is 4.99 Å². The predicted molar refractivity (Wildman–Crippen MR) is 85.4 cm³/mol. The highest BCUT2D eigenvalue weighted by atomic mass is 32.2. The summed E-state index contributed by atoms with van der Waals surface area (Å²) in [5.74, 6) is 1.09. The summed E-state index contributed by atoms with van der Waals surface area (Å²) in [6.45, 7) is 3.96. The van der Waals surface area contributed by atoms with Gasteiger partial charge in [0.2, 0.25) is 0 Å². The lowest BCUT2D eigenvalue weighted by molar-refractivity contribution is 0.450. The first-order valence-electron chi connectivity index (χ1n) is 6.74. The van der Waals surface area contributed by atoms with Crippen molar-refractivity contribution in [3.8, 4) is 0 Å². The van der Waals surface area contributed by atoms with Crippen LogP contribution < -0.4 is 0 Å². The van der Waals surface area contributed by atoms with E-state index in [-0.39, 0.29) is 0 Å². The Morgan fingerprint density at radius 3 is 2.80 bits per heavy atom. The number of pyridine rings is 1. The third-order valence-corrected chi connectivity index (χ3v) is 4.19. The number of thioether (sulfide) groups is 1. The second-order valence-electron chi connectivity index (χ2n) is 4.82. The molecule has 3 rings (SSSR count). The Kier molecular flexibility index (Phi) is 4.02. The van der Waals surface area contributed by atoms with Crippen LogP contribution in [0.2, 0.25) is 0 Å². The molecular formula is C16H17N3S. The van der Waals surface area contributed by atoms with Crippen LogP contribution in [0.15, 0.2) is 53.7 Å². The van der Waals surface area contributed by atoms with Gasteiger partial charge in [-0.25, -0.2) is 4.99 Å². The van der Waals surface area contributed by atoms with Crippen LogP contribution in [0.5, 0.6) is 0 Å². The molecule has 0 saturated carbocycles. The highest BCUT2D eigenvalue weighted by molar-refractivity contribution is 8.14. The van der Waals surface area contributed by atoms with Crippen molar-refractivity contribution in [1.29, 1.82) is 0 Å². The van der Waals surface area contributed by atoms with E-state index < -0.39 is 0 Å². The minimum Gasteiger partial charge on any atom is -0.344 e. The molecule has 1 aliphatic heterocycles. The Balaban J connectivity index is 1.76. The molecule has 1 aromatic heterocycles. The summed E-state index contributed by atoms with van der Waals surface area (Å²) in [6, 6.07) is 14.4. The van der Waals surface area contributed by atoms with E-state index in [9.17, 15) is 0 Å². The van der Waals surface area contributed by atoms with E-state index in [1.807, 2.05) is 30.1 Å². The Labute approximate surface area is 123 Å². The van der Waals surface area contributed by atoms with Gasteiger partial charge < -0.3 is 4.90 Å². The van der Waals surface area contributed by atoms with Crippen LogP contribution >= 0.6 is 11.8 Å². The van der Waals surface area contributed by atoms with Crippen LogP contribution in [0.3, 0.4) is 0 Å². The van der Waals surface area contributed by atoms with E-state index in [2.05, 4.69) is 47.1 Å². The van der Waals surface area contributed by atoms with Crippen molar-refractivity contribution >= 4 is 22.6 Å². The minimum atomic E-state index is 0.832. The van der Waals surface area contributed by atoms with Gasteiger partial charge >= 0.3 is 0 Å². The first kappa shape index (κ1) is 13.2. The molecule has 2 aromatic rings. The topological polar surface area (TPSA) is 28.5 Å². The SMILES string of the molecule is Cc1ccc(N=C2SCCN2Cc2ccccn2)cc1. The molecule has 20 heavy (non-hydrogen) atoms. The second-order valence-corrected chi connectivity index (χ2v) is 5.88. The van der Waals surface area contributed by atoms with E-state index in [1.165, 1.54) is 5.56 Å². The number of aliphatic imine (C=N–C) groups is 1. The Morgan fingerprint density at radius 2 is 2.05 bits per heavy atom. The van der Waals surface area contributed by atoms with Crippen molar-refractivity contribution in [3.05, 3.63) is 59.9 Å². The molecule has 0 radical (unpaired) electrons. The summed E-state index contributed by atoms with van der Waals surface area (Å²) < 4.78 is 0. The van der Waals surface area contributed by atoms with Gasteiger partial charge in [-0.15, -0.1) is 0 Å². The van der Waals surface area contributed by atoms with E-state index in [1.54, 1.807) is 0 Å². The van der Waals surface area contributed by atoms with Gasteiger partial charge in [0.25, 0.3) is 0 Å². The van der Waals surface area contributed by atoms with Gasteiger partial charge in [-0.3, -0.25) is 4.98 Å². The van der Waals surface area contributed by atoms with Crippen LogP contribution in [-0.4, -0.2) is 27.3 Å². The van der Waals surface area contributed by atoms with Crippen molar-refractivity contribution < 1.29 is 0 Å². The fourth-order valence-corrected chi connectivity index (χ4v) is 3.10. The Bertz CT molecular complexity index is 593. The maximum Gasteiger partial charge on any atom is 0.164 e. The smallest absolute Gasteiger partial charge is 0.164 e. The summed E-state index contributed by atoms with van der Waals surface area (Å²) in [6.07, 6.45) is 1.84. The van der Waals surface area contributed by atoms with E-state index in [0.717, 1.165) is 35.4 Å². The number of amidine groups is 1. The number of benzene rings is 1. The molecule has 0 aliphatic carbocycles. The molecule has 0 unspecified atom stereocenters. The van der Waals surface area contributed by atoms with Crippen LogP contribution in [0.4, 0.5) is 5.69 Å². The third kappa shape index (κ3) is 3.20. The zero-order chi connectivity index (χ0) is 13.8. The standard InChI is InChI=1S/C16H17N3S/c1-13-5-7-14(8-6-13)18-16-19(10-11-20-16)12-15-4-2-3-9-17-15/h2-9H,10-12H2,1H3. The molecule has 1 fully saturated rings. The zero-order valence-corrected chi connectivity index (χ0v) is 12.3. The molecular weight excluding hydrogens is 266 g/mol. The molecule has 4 heteroatoms. The molecule has 0 N–H and O–H groups in total. The van der Waals surface area contributed by atoms with E-state index >= 15 is 0 Å². The minimum absolute atomic E-state index is 0.832. The summed E-state index contributed by atoms with van der Waals surface area (Å²) in [5.41, 5.74) is 3.37. The Morgan fingerprint density at radius 1 is 1.20 bits per heavy atom. The van der Waals surface area contributed by atoms with E-state index in [0.29, 0.717) is 0 Å². The number of aromatic nitrogens is 1.